The Morgan fingerprint density at radius 2 is 2.00 bits per heavy atom. The van der Waals surface area contributed by atoms with E-state index in [1.807, 2.05) is 42.9 Å². The van der Waals surface area contributed by atoms with Crippen molar-refractivity contribution in [2.24, 2.45) is 7.05 Å². The number of hydrogen-bond donors (Lipinski definition) is 1. The maximum Gasteiger partial charge on any atom is 0.153 e. The van der Waals surface area contributed by atoms with Crippen LogP contribution in [0.1, 0.15) is 22.6 Å². The van der Waals surface area contributed by atoms with E-state index in [-0.39, 0.29) is 12.4 Å². The number of fused-ring (bicyclic) bond motifs is 1. The molecule has 3 heterocycles. The van der Waals surface area contributed by atoms with Gasteiger partial charge in [-0.15, -0.1) is 0 Å². The Kier molecular flexibility index (Phi) is 6.72. The summed E-state index contributed by atoms with van der Waals surface area (Å²) in [6.07, 6.45) is 5.43. The molecule has 1 N–H and O–H groups in total. The van der Waals surface area contributed by atoms with E-state index >= 15 is 0 Å². The third-order valence-corrected chi connectivity index (χ3v) is 6.54. The number of aryl methyl sites for hydroxylation is 1. The normalized spacial score (nSPS) is 11.9. The van der Waals surface area contributed by atoms with Gasteiger partial charge >= 0.3 is 0 Å². The van der Waals surface area contributed by atoms with Gasteiger partial charge in [0.1, 0.15) is 17.2 Å². The van der Waals surface area contributed by atoms with E-state index in [0.29, 0.717) is 24.4 Å². The number of ether oxygens (including phenoxy) is 1. The Hall–Kier alpha value is -3.24. The molecule has 180 valence electrons. The molecular weight excluding hydrogens is 457 g/mol. The third kappa shape index (κ3) is 5.13. The topological polar surface area (TPSA) is 90.5 Å². The number of rotatable bonds is 9. The van der Waals surface area contributed by atoms with Gasteiger partial charge in [-0.3, -0.25) is 4.68 Å². The molecule has 1 aromatic carbocycles. The quantitative estimate of drug-likeness (QED) is 0.392. The van der Waals surface area contributed by atoms with Gasteiger partial charge < -0.3 is 14.5 Å². The number of halogens is 1. The largest absolute Gasteiger partial charge is 0.492 e. The minimum absolute atomic E-state index is 0.130. The number of hydrogen-bond acceptors (Lipinski definition) is 6. The first-order valence-electron chi connectivity index (χ1n) is 10.9. The number of nitrogens with zero attached hydrogens (tertiary/aromatic N) is 4. The van der Waals surface area contributed by atoms with Crippen molar-refractivity contribution in [3.63, 3.8) is 0 Å². The number of aromatic nitrogens is 4. The van der Waals surface area contributed by atoms with Crippen molar-refractivity contribution in [1.29, 1.82) is 0 Å². The van der Waals surface area contributed by atoms with E-state index < -0.39 is 15.7 Å². The standard InChI is InChI=1S/C24H28FN5O3S/c1-16-20(22(28-29(16)3)15-34(4,31)32)9-10-33-23-11-18(25)6-7-21(23)17-5-8-24-27-13-19(12-26-2)30(24)14-17/h5-8,11,13-14,26H,9-10,12,15H2,1-4H3. The van der Waals surface area contributed by atoms with Crippen LogP contribution in [0.15, 0.2) is 42.7 Å². The second-order valence-electron chi connectivity index (χ2n) is 8.37. The SMILES string of the molecule is CNCc1cnc2ccc(-c3ccc(F)cc3OCCc3c(CS(C)(=O)=O)nn(C)c3C)cn12. The lowest BCUT2D eigenvalue weighted by Gasteiger charge is -2.13. The molecule has 4 rings (SSSR count). The summed E-state index contributed by atoms with van der Waals surface area (Å²) in [5, 5.41) is 7.48. The van der Waals surface area contributed by atoms with Gasteiger partial charge in [-0.05, 0) is 38.2 Å². The molecule has 0 aliphatic carbocycles. The number of imidazole rings is 1. The summed E-state index contributed by atoms with van der Waals surface area (Å²) in [6.45, 7) is 2.81. The molecule has 4 aromatic rings. The second-order valence-corrected chi connectivity index (χ2v) is 10.5. The third-order valence-electron chi connectivity index (χ3n) is 5.74. The highest BCUT2D eigenvalue weighted by atomic mass is 32.2. The highest BCUT2D eigenvalue weighted by molar-refractivity contribution is 7.89. The average molecular weight is 486 g/mol. The number of pyridine rings is 1. The summed E-state index contributed by atoms with van der Waals surface area (Å²) in [5.74, 6) is -0.107. The van der Waals surface area contributed by atoms with Crippen molar-refractivity contribution >= 4 is 15.5 Å². The molecule has 0 bridgehead atoms. The van der Waals surface area contributed by atoms with Gasteiger partial charge in [-0.2, -0.15) is 5.10 Å². The van der Waals surface area contributed by atoms with Crippen LogP contribution in [-0.4, -0.2) is 47.5 Å². The molecule has 0 saturated heterocycles. The van der Waals surface area contributed by atoms with Gasteiger partial charge in [0.15, 0.2) is 9.84 Å². The van der Waals surface area contributed by atoms with Crippen LogP contribution in [0, 0.1) is 12.7 Å². The Morgan fingerprint density at radius 3 is 2.74 bits per heavy atom. The second kappa shape index (κ2) is 9.55. The first-order chi connectivity index (χ1) is 16.2. The van der Waals surface area contributed by atoms with Crippen LogP contribution in [0.5, 0.6) is 5.75 Å². The summed E-state index contributed by atoms with van der Waals surface area (Å²) in [6, 6.07) is 8.32. The summed E-state index contributed by atoms with van der Waals surface area (Å²) >= 11 is 0. The molecule has 10 heteroatoms. The van der Waals surface area contributed by atoms with Crippen molar-refractivity contribution in [2.45, 2.75) is 25.6 Å². The average Bonchev–Trinajstić information content (AvgIpc) is 3.28. The highest BCUT2D eigenvalue weighted by Gasteiger charge is 2.18. The van der Waals surface area contributed by atoms with Crippen LogP contribution >= 0.6 is 0 Å². The zero-order valence-corrected chi connectivity index (χ0v) is 20.5. The lowest BCUT2D eigenvalue weighted by molar-refractivity contribution is 0.321. The van der Waals surface area contributed by atoms with Crippen molar-refractivity contribution in [3.8, 4) is 16.9 Å². The van der Waals surface area contributed by atoms with Gasteiger partial charge in [-0.1, -0.05) is 0 Å². The van der Waals surface area contributed by atoms with E-state index in [9.17, 15) is 12.8 Å². The first kappa shape index (κ1) is 23.9. The fraction of sp³-hybridized carbons (Fsp3) is 0.333. The predicted molar refractivity (Wildman–Crippen MR) is 129 cm³/mol. The maximum absolute atomic E-state index is 14.1. The summed E-state index contributed by atoms with van der Waals surface area (Å²) in [4.78, 5) is 4.42. The Balaban J connectivity index is 1.60. The molecular formula is C24H28FN5O3S. The van der Waals surface area contributed by atoms with Gasteiger partial charge in [0.2, 0.25) is 0 Å². The summed E-state index contributed by atoms with van der Waals surface area (Å²) in [7, 11) is 0.430. The fourth-order valence-corrected chi connectivity index (χ4v) is 4.76. The van der Waals surface area contributed by atoms with Crippen LogP contribution in [0.2, 0.25) is 0 Å². The highest BCUT2D eigenvalue weighted by Crippen LogP contribution is 2.31. The van der Waals surface area contributed by atoms with Gasteiger partial charge in [0.05, 0.1) is 29.9 Å². The lowest BCUT2D eigenvalue weighted by Crippen LogP contribution is -2.08. The number of benzene rings is 1. The number of sulfone groups is 1. The fourth-order valence-electron chi connectivity index (χ4n) is 4.03. The smallest absolute Gasteiger partial charge is 0.153 e. The minimum Gasteiger partial charge on any atom is -0.492 e. The molecule has 0 amide bonds. The Labute approximate surface area is 198 Å². The molecule has 8 nitrogen and oxygen atoms in total. The van der Waals surface area contributed by atoms with E-state index in [4.69, 9.17) is 4.74 Å². The van der Waals surface area contributed by atoms with E-state index in [0.717, 1.165) is 33.7 Å². The number of nitrogens with one attached hydrogen (secondary N) is 1. The monoisotopic (exact) mass is 485 g/mol. The molecule has 0 atom stereocenters. The molecule has 0 fully saturated rings. The molecule has 0 unspecified atom stereocenters. The summed E-state index contributed by atoms with van der Waals surface area (Å²) < 4.78 is 47.4. The van der Waals surface area contributed by atoms with Crippen LogP contribution in [-0.2, 0) is 35.6 Å². The summed E-state index contributed by atoms with van der Waals surface area (Å²) in [5.41, 5.74) is 5.69. The van der Waals surface area contributed by atoms with Crippen molar-refractivity contribution < 1.29 is 17.5 Å². The van der Waals surface area contributed by atoms with Crippen LogP contribution < -0.4 is 10.1 Å². The van der Waals surface area contributed by atoms with E-state index in [1.165, 1.54) is 18.4 Å². The van der Waals surface area contributed by atoms with Crippen molar-refractivity contribution in [3.05, 3.63) is 71.2 Å². The molecule has 0 radical (unpaired) electrons. The van der Waals surface area contributed by atoms with Gasteiger partial charge in [-0.25, -0.2) is 17.8 Å². The molecule has 0 saturated carbocycles. The molecule has 0 aliphatic rings. The molecule has 34 heavy (non-hydrogen) atoms. The Morgan fingerprint density at radius 1 is 1.21 bits per heavy atom. The maximum atomic E-state index is 14.1. The van der Waals surface area contributed by atoms with Crippen molar-refractivity contribution in [2.75, 3.05) is 19.9 Å². The molecule has 3 aromatic heterocycles. The zero-order valence-electron chi connectivity index (χ0n) is 19.7. The van der Waals surface area contributed by atoms with Crippen LogP contribution in [0.25, 0.3) is 16.8 Å². The predicted octanol–water partition coefficient (Wildman–Crippen LogP) is 3.07. The Bertz CT molecular complexity index is 1440. The van der Waals surface area contributed by atoms with E-state index in [2.05, 4.69) is 15.4 Å². The lowest BCUT2D eigenvalue weighted by atomic mass is 10.1. The van der Waals surface area contributed by atoms with Gasteiger partial charge in [0, 0.05) is 60.9 Å². The van der Waals surface area contributed by atoms with E-state index in [1.54, 1.807) is 17.8 Å². The van der Waals surface area contributed by atoms with Crippen LogP contribution in [0.4, 0.5) is 4.39 Å². The molecule has 0 aliphatic heterocycles. The zero-order chi connectivity index (χ0) is 24.5. The molecule has 0 spiro atoms. The van der Waals surface area contributed by atoms with Crippen molar-refractivity contribution in [1.82, 2.24) is 24.5 Å². The van der Waals surface area contributed by atoms with Crippen LogP contribution in [0.3, 0.4) is 0 Å². The van der Waals surface area contributed by atoms with Gasteiger partial charge in [0.25, 0.3) is 0 Å². The first-order valence-corrected chi connectivity index (χ1v) is 12.9. The minimum atomic E-state index is -3.23.